The molecule has 25 heavy (non-hydrogen) atoms. The van der Waals surface area contributed by atoms with Crippen molar-refractivity contribution in [1.82, 2.24) is 9.97 Å². The smallest absolute Gasteiger partial charge is 0.168 e. The molecule has 2 aromatic rings. The Bertz CT molecular complexity index is 889. The van der Waals surface area contributed by atoms with Crippen LogP contribution in [0.4, 0.5) is 0 Å². The lowest BCUT2D eigenvalue weighted by atomic mass is 9.92. The first-order valence-electron chi connectivity index (χ1n) is 8.60. The van der Waals surface area contributed by atoms with Crippen molar-refractivity contribution in [1.29, 1.82) is 0 Å². The molecule has 0 radical (unpaired) electrons. The van der Waals surface area contributed by atoms with E-state index in [1.54, 1.807) is 0 Å². The molecule has 1 saturated carbocycles. The van der Waals surface area contributed by atoms with Crippen LogP contribution in [0.1, 0.15) is 60.1 Å². The second-order valence-electron chi connectivity index (χ2n) is 7.23. The van der Waals surface area contributed by atoms with Crippen LogP contribution in [-0.2, 0) is 18.3 Å². The second-order valence-corrected chi connectivity index (χ2v) is 7.71. The van der Waals surface area contributed by atoms with Crippen LogP contribution in [0.15, 0.2) is 28.3 Å². The van der Waals surface area contributed by atoms with Gasteiger partial charge in [0.2, 0.25) is 0 Å². The topological polar surface area (TPSA) is 93.1 Å². The lowest BCUT2D eigenvalue weighted by molar-refractivity contribution is 0.743. The van der Waals surface area contributed by atoms with Gasteiger partial charge in [-0.25, -0.2) is 4.98 Å². The largest absolute Gasteiger partial charge is 0.380 e. The molecule has 0 atom stereocenters. The van der Waals surface area contributed by atoms with E-state index < -0.39 is 0 Å². The Morgan fingerprint density at radius 1 is 1.36 bits per heavy atom. The molecular formula is C19H22ClN5. The predicted molar refractivity (Wildman–Crippen MR) is 101 cm³/mol. The number of hydrazone groups is 1. The predicted octanol–water partition coefficient (Wildman–Crippen LogP) is 3.16. The lowest BCUT2D eigenvalue weighted by Crippen LogP contribution is -2.18. The first-order valence-corrected chi connectivity index (χ1v) is 8.98. The first kappa shape index (κ1) is 16.2. The number of aromatic amines is 1. The molecule has 5 nitrogen and oxygen atoms in total. The van der Waals surface area contributed by atoms with Crippen LogP contribution in [0.2, 0.25) is 0 Å². The van der Waals surface area contributed by atoms with E-state index in [0.29, 0.717) is 5.69 Å². The van der Waals surface area contributed by atoms with Gasteiger partial charge in [-0.15, -0.1) is 0 Å². The highest BCUT2D eigenvalue weighted by atomic mass is 35.5. The number of halogens is 1. The minimum absolute atomic E-state index is 0.252. The number of hydrogen-bond donors (Lipinski definition) is 3. The van der Waals surface area contributed by atoms with Gasteiger partial charge in [-0.2, -0.15) is 5.10 Å². The number of H-pyrrole nitrogens is 1. The molecule has 4 rings (SSSR count). The quantitative estimate of drug-likeness (QED) is 0.340. The van der Waals surface area contributed by atoms with Crippen molar-refractivity contribution in [2.75, 3.05) is 0 Å². The zero-order valence-corrected chi connectivity index (χ0v) is 15.0. The monoisotopic (exact) mass is 355 g/mol. The third-order valence-corrected chi connectivity index (χ3v) is 5.63. The zero-order chi connectivity index (χ0) is 17.6. The molecule has 5 N–H and O–H groups in total. The summed E-state index contributed by atoms with van der Waals surface area (Å²) in [5.41, 5.74) is 12.9. The molecule has 2 aromatic heterocycles. The summed E-state index contributed by atoms with van der Waals surface area (Å²) < 4.78 is 0. The van der Waals surface area contributed by atoms with E-state index in [2.05, 4.69) is 28.1 Å². The highest BCUT2D eigenvalue weighted by molar-refractivity contribution is 6.31. The number of aromatic nitrogens is 2. The Balaban J connectivity index is 1.76. The minimum atomic E-state index is 0.252. The number of amidine groups is 1. The van der Waals surface area contributed by atoms with Crippen molar-refractivity contribution in [3.63, 3.8) is 0 Å². The Morgan fingerprint density at radius 2 is 2.16 bits per heavy atom. The molecule has 2 heterocycles. The standard InChI is InChI=1S/C19H22ClN5/c1-19(7-8-19)17-14(13-6-5-11(20)9-16(13)24-17)10-12-3-2-4-15(23-12)18(21)25-22/h2-4,9,24H,5-8,10,22H2,1H3,(H2,21,25). The average molecular weight is 356 g/mol. The van der Waals surface area contributed by atoms with Gasteiger partial charge in [0.15, 0.2) is 5.84 Å². The first-order chi connectivity index (χ1) is 12.0. The SMILES string of the molecule is CC1(c2[nH]c3c(c2Cc2cccc(/C(N)=N/N)n2)CCC(Cl)=C3)CC1. The highest BCUT2D eigenvalue weighted by Gasteiger charge is 2.43. The molecule has 0 aliphatic heterocycles. The molecule has 2 aliphatic rings. The number of hydrogen-bond acceptors (Lipinski definition) is 3. The van der Waals surface area contributed by atoms with Crippen LogP contribution < -0.4 is 11.6 Å². The fourth-order valence-corrected chi connectivity index (χ4v) is 3.80. The maximum atomic E-state index is 6.26. The van der Waals surface area contributed by atoms with E-state index in [-0.39, 0.29) is 11.3 Å². The Labute approximate surface area is 152 Å². The normalized spacial score (nSPS) is 18.6. The van der Waals surface area contributed by atoms with Gasteiger partial charge in [-0.05, 0) is 55.0 Å². The van der Waals surface area contributed by atoms with Gasteiger partial charge < -0.3 is 16.6 Å². The van der Waals surface area contributed by atoms with Crippen molar-refractivity contribution in [2.24, 2.45) is 16.7 Å². The number of nitrogens with zero attached hydrogens (tertiary/aromatic N) is 2. The third kappa shape index (κ3) is 2.93. The molecule has 0 saturated heterocycles. The summed E-state index contributed by atoms with van der Waals surface area (Å²) in [6.07, 6.45) is 7.15. The maximum absolute atomic E-state index is 6.26. The van der Waals surface area contributed by atoms with Crippen molar-refractivity contribution in [3.05, 3.63) is 57.1 Å². The minimum Gasteiger partial charge on any atom is -0.380 e. The van der Waals surface area contributed by atoms with Gasteiger partial charge >= 0.3 is 0 Å². The summed E-state index contributed by atoms with van der Waals surface area (Å²) in [5.74, 6) is 5.53. The van der Waals surface area contributed by atoms with Crippen molar-refractivity contribution >= 4 is 23.5 Å². The second kappa shape index (κ2) is 5.92. The molecule has 0 aromatic carbocycles. The Hall–Kier alpha value is -2.27. The highest BCUT2D eigenvalue weighted by Crippen LogP contribution is 2.50. The van der Waals surface area contributed by atoms with Crippen molar-refractivity contribution < 1.29 is 0 Å². The van der Waals surface area contributed by atoms with Crippen molar-refractivity contribution in [3.8, 4) is 0 Å². The molecule has 0 bridgehead atoms. The van der Waals surface area contributed by atoms with Crippen LogP contribution in [0.5, 0.6) is 0 Å². The molecule has 130 valence electrons. The van der Waals surface area contributed by atoms with Crippen LogP contribution in [0.3, 0.4) is 0 Å². The summed E-state index contributed by atoms with van der Waals surface area (Å²) >= 11 is 6.26. The van der Waals surface area contributed by atoms with Crippen molar-refractivity contribution in [2.45, 2.75) is 44.4 Å². The molecule has 0 amide bonds. The number of fused-ring (bicyclic) bond motifs is 1. The average Bonchev–Trinajstić information content (AvgIpc) is 3.26. The summed E-state index contributed by atoms with van der Waals surface area (Å²) in [5, 5.41) is 4.46. The fourth-order valence-electron chi connectivity index (χ4n) is 3.60. The molecule has 0 unspecified atom stereocenters. The van der Waals surface area contributed by atoms with E-state index >= 15 is 0 Å². The van der Waals surface area contributed by atoms with E-state index in [9.17, 15) is 0 Å². The third-order valence-electron chi connectivity index (χ3n) is 5.34. The van der Waals surface area contributed by atoms with E-state index in [1.807, 2.05) is 18.2 Å². The van der Waals surface area contributed by atoms with Crippen LogP contribution in [-0.4, -0.2) is 15.8 Å². The molecule has 1 fully saturated rings. The van der Waals surface area contributed by atoms with E-state index in [0.717, 1.165) is 35.7 Å². The fraction of sp³-hybridized carbons (Fsp3) is 0.368. The summed E-state index contributed by atoms with van der Waals surface area (Å²) in [4.78, 5) is 8.28. The van der Waals surface area contributed by atoms with Gasteiger partial charge in [0.1, 0.15) is 5.69 Å². The lowest BCUT2D eigenvalue weighted by Gasteiger charge is -2.13. The Kier molecular flexibility index (Phi) is 3.84. The van der Waals surface area contributed by atoms with Gasteiger partial charge in [0.05, 0.1) is 0 Å². The van der Waals surface area contributed by atoms with Crippen LogP contribution >= 0.6 is 11.6 Å². The molecular weight excluding hydrogens is 334 g/mol. The summed E-state index contributed by atoms with van der Waals surface area (Å²) in [6, 6.07) is 5.80. The number of nitrogens with two attached hydrogens (primary N) is 2. The number of pyridine rings is 1. The van der Waals surface area contributed by atoms with Crippen LogP contribution in [0.25, 0.3) is 6.08 Å². The maximum Gasteiger partial charge on any atom is 0.168 e. The summed E-state index contributed by atoms with van der Waals surface area (Å²) in [7, 11) is 0. The summed E-state index contributed by atoms with van der Waals surface area (Å²) in [6.45, 7) is 2.32. The van der Waals surface area contributed by atoms with E-state index in [4.69, 9.17) is 23.2 Å². The zero-order valence-electron chi connectivity index (χ0n) is 14.3. The number of nitrogens with one attached hydrogen (secondary N) is 1. The Morgan fingerprint density at radius 3 is 2.88 bits per heavy atom. The number of allylic oxidation sites excluding steroid dienone is 1. The van der Waals surface area contributed by atoms with Crippen LogP contribution in [0, 0.1) is 0 Å². The van der Waals surface area contributed by atoms with E-state index in [1.165, 1.54) is 29.7 Å². The van der Waals surface area contributed by atoms with Gasteiger partial charge in [0, 0.05) is 33.9 Å². The molecule has 2 aliphatic carbocycles. The molecule has 0 spiro atoms. The molecule has 6 heteroatoms. The van der Waals surface area contributed by atoms with Gasteiger partial charge in [-0.3, -0.25) is 0 Å². The van der Waals surface area contributed by atoms with Gasteiger partial charge in [0.25, 0.3) is 0 Å². The van der Waals surface area contributed by atoms with Gasteiger partial charge in [-0.1, -0.05) is 24.6 Å². The number of rotatable bonds is 4.